The fourth-order valence-corrected chi connectivity index (χ4v) is 3.27. The predicted octanol–water partition coefficient (Wildman–Crippen LogP) is 2.02. The van der Waals surface area contributed by atoms with Crippen LogP contribution < -0.4 is 0 Å². The first-order chi connectivity index (χ1) is 8.30. The molecular formula is C12H19F3N2O. The van der Waals surface area contributed by atoms with Crippen molar-refractivity contribution in [3.63, 3.8) is 0 Å². The Morgan fingerprint density at radius 1 is 1.22 bits per heavy atom. The molecule has 2 aliphatic rings. The predicted molar refractivity (Wildman–Crippen MR) is 61.0 cm³/mol. The average Bonchev–Trinajstić information content (AvgIpc) is 2.25. The van der Waals surface area contributed by atoms with Gasteiger partial charge in [0, 0.05) is 25.2 Å². The lowest BCUT2D eigenvalue weighted by Gasteiger charge is -2.49. The van der Waals surface area contributed by atoms with E-state index in [0.717, 1.165) is 24.2 Å². The number of alkyl halides is 3. The molecule has 3 atom stereocenters. The Hall–Kier alpha value is -0.780. The molecule has 0 N–H and O–H groups in total. The van der Waals surface area contributed by atoms with E-state index in [9.17, 15) is 18.0 Å². The van der Waals surface area contributed by atoms with Crippen LogP contribution >= 0.6 is 0 Å². The van der Waals surface area contributed by atoms with Gasteiger partial charge in [-0.1, -0.05) is 6.42 Å². The van der Waals surface area contributed by atoms with Crippen LogP contribution in [0.2, 0.25) is 0 Å². The van der Waals surface area contributed by atoms with Gasteiger partial charge in [0.25, 0.3) is 0 Å². The number of halogens is 3. The fraction of sp³-hybridized carbons (Fsp3) is 0.917. The smallest absolute Gasteiger partial charge is 0.335 e. The molecule has 2 rings (SSSR count). The van der Waals surface area contributed by atoms with Gasteiger partial charge in [-0.2, -0.15) is 13.2 Å². The molecule has 104 valence electrons. The first-order valence-electron chi connectivity index (χ1n) is 6.36. The summed E-state index contributed by atoms with van der Waals surface area (Å²) >= 11 is 0. The Kier molecular flexibility index (Phi) is 3.58. The molecular weight excluding hydrogens is 245 g/mol. The van der Waals surface area contributed by atoms with E-state index < -0.39 is 12.1 Å². The zero-order valence-electron chi connectivity index (χ0n) is 10.7. The zero-order chi connectivity index (χ0) is 13.5. The van der Waals surface area contributed by atoms with Crippen LogP contribution in [0.1, 0.15) is 32.1 Å². The summed E-state index contributed by atoms with van der Waals surface area (Å²) in [7, 11) is 3.32. The van der Waals surface area contributed by atoms with Gasteiger partial charge >= 0.3 is 12.1 Å². The molecule has 3 nitrogen and oxygen atoms in total. The summed E-state index contributed by atoms with van der Waals surface area (Å²) in [5.41, 5.74) is 0. The van der Waals surface area contributed by atoms with Crippen LogP contribution in [0.25, 0.3) is 0 Å². The van der Waals surface area contributed by atoms with Gasteiger partial charge in [0.1, 0.15) is 0 Å². The minimum absolute atomic E-state index is 0.273. The van der Waals surface area contributed by atoms with Gasteiger partial charge in [-0.3, -0.25) is 4.79 Å². The van der Waals surface area contributed by atoms with Crippen LogP contribution in [0.5, 0.6) is 0 Å². The van der Waals surface area contributed by atoms with Crippen LogP contribution in [0, 0.1) is 0 Å². The number of carbonyl (C=O) groups excluding carboxylic acids is 1. The molecule has 0 aromatic rings. The Balaban J connectivity index is 2.05. The van der Waals surface area contributed by atoms with Crippen molar-refractivity contribution in [1.29, 1.82) is 0 Å². The molecule has 0 aromatic heterocycles. The molecule has 2 bridgehead atoms. The Morgan fingerprint density at radius 3 is 2.17 bits per heavy atom. The number of hydrogen-bond donors (Lipinski definition) is 0. The number of fused-ring (bicyclic) bond motifs is 2. The average molecular weight is 264 g/mol. The number of piperidine rings is 2. The van der Waals surface area contributed by atoms with Gasteiger partial charge in [-0.25, -0.2) is 0 Å². The second kappa shape index (κ2) is 4.72. The van der Waals surface area contributed by atoms with Crippen molar-refractivity contribution < 1.29 is 18.0 Å². The fourth-order valence-electron chi connectivity index (χ4n) is 3.27. The summed E-state index contributed by atoms with van der Waals surface area (Å²) < 4.78 is 37.3. The van der Waals surface area contributed by atoms with Crippen LogP contribution in [0.3, 0.4) is 0 Å². The molecule has 0 spiro atoms. The summed E-state index contributed by atoms with van der Waals surface area (Å²) in [5.74, 6) is -1.71. The summed E-state index contributed by atoms with van der Waals surface area (Å²) in [5, 5.41) is 0. The van der Waals surface area contributed by atoms with Crippen molar-refractivity contribution in [2.45, 2.75) is 56.4 Å². The van der Waals surface area contributed by atoms with E-state index in [2.05, 4.69) is 4.90 Å². The van der Waals surface area contributed by atoms with Crippen molar-refractivity contribution in [2.24, 2.45) is 0 Å². The number of hydrogen-bond acceptors (Lipinski definition) is 2. The van der Waals surface area contributed by atoms with Crippen molar-refractivity contribution in [1.82, 2.24) is 9.80 Å². The summed E-state index contributed by atoms with van der Waals surface area (Å²) in [6, 6.07) is 0.377. The molecule has 2 saturated heterocycles. The normalized spacial score (nSPS) is 33.3. The van der Waals surface area contributed by atoms with E-state index in [1.165, 1.54) is 7.05 Å². The lowest BCUT2D eigenvalue weighted by Crippen LogP contribution is -2.57. The maximum Gasteiger partial charge on any atom is 0.471 e. The minimum atomic E-state index is -4.76. The highest BCUT2D eigenvalue weighted by Gasteiger charge is 2.46. The van der Waals surface area contributed by atoms with Gasteiger partial charge < -0.3 is 9.80 Å². The quantitative estimate of drug-likeness (QED) is 0.723. The minimum Gasteiger partial charge on any atom is -0.335 e. The SMILES string of the molecule is CN(C(=O)C(F)(F)F)C1C[C@H]2CCC[C@@H](C1)N2C. The summed E-state index contributed by atoms with van der Waals surface area (Å²) in [4.78, 5) is 14.4. The largest absolute Gasteiger partial charge is 0.471 e. The van der Waals surface area contributed by atoms with Crippen molar-refractivity contribution in [3.8, 4) is 0 Å². The molecule has 0 saturated carbocycles. The van der Waals surface area contributed by atoms with Crippen LogP contribution in [-0.2, 0) is 4.79 Å². The molecule has 1 amide bonds. The third kappa shape index (κ3) is 2.48. The molecule has 2 fully saturated rings. The van der Waals surface area contributed by atoms with Gasteiger partial charge in [-0.15, -0.1) is 0 Å². The van der Waals surface area contributed by atoms with Gasteiger partial charge in [0.05, 0.1) is 0 Å². The Bertz CT molecular complexity index is 318. The van der Waals surface area contributed by atoms with E-state index in [-0.39, 0.29) is 6.04 Å². The standard InChI is InChI=1S/C12H19F3N2O/c1-16-8-4-3-5-9(16)7-10(6-8)17(2)11(18)12(13,14)15/h8-10H,3-7H2,1-2H3/t8-,9+,10?. The zero-order valence-corrected chi connectivity index (χ0v) is 10.7. The van der Waals surface area contributed by atoms with Crippen LogP contribution in [0.15, 0.2) is 0 Å². The van der Waals surface area contributed by atoms with Crippen molar-refractivity contribution in [2.75, 3.05) is 14.1 Å². The molecule has 6 heteroatoms. The topological polar surface area (TPSA) is 23.6 Å². The molecule has 1 unspecified atom stereocenters. The van der Waals surface area contributed by atoms with Crippen molar-refractivity contribution in [3.05, 3.63) is 0 Å². The van der Waals surface area contributed by atoms with E-state index >= 15 is 0 Å². The second-order valence-electron chi connectivity index (χ2n) is 5.44. The highest BCUT2D eigenvalue weighted by molar-refractivity contribution is 5.81. The van der Waals surface area contributed by atoms with Gasteiger partial charge in [-0.05, 0) is 32.7 Å². The van der Waals surface area contributed by atoms with Crippen LogP contribution in [0.4, 0.5) is 13.2 Å². The first-order valence-corrected chi connectivity index (χ1v) is 6.36. The molecule has 0 radical (unpaired) electrons. The molecule has 2 heterocycles. The number of rotatable bonds is 1. The third-order valence-corrected chi connectivity index (χ3v) is 4.43. The maximum absolute atomic E-state index is 12.4. The van der Waals surface area contributed by atoms with Gasteiger partial charge in [0.2, 0.25) is 0 Å². The van der Waals surface area contributed by atoms with E-state index in [0.29, 0.717) is 24.9 Å². The summed E-state index contributed by atoms with van der Waals surface area (Å²) in [6.45, 7) is 0. The Morgan fingerprint density at radius 2 is 1.72 bits per heavy atom. The number of carbonyl (C=O) groups is 1. The van der Waals surface area contributed by atoms with E-state index in [4.69, 9.17) is 0 Å². The summed E-state index contributed by atoms with van der Waals surface area (Å²) in [6.07, 6.45) is -0.248. The van der Waals surface area contributed by atoms with E-state index in [1.54, 1.807) is 0 Å². The molecule has 0 aromatic carbocycles. The van der Waals surface area contributed by atoms with E-state index in [1.807, 2.05) is 7.05 Å². The molecule has 2 aliphatic heterocycles. The highest BCUT2D eigenvalue weighted by atomic mass is 19.4. The van der Waals surface area contributed by atoms with Crippen LogP contribution in [-0.4, -0.2) is 54.1 Å². The molecule has 18 heavy (non-hydrogen) atoms. The van der Waals surface area contributed by atoms with Crippen molar-refractivity contribution >= 4 is 5.91 Å². The lowest BCUT2D eigenvalue weighted by atomic mass is 9.82. The first kappa shape index (κ1) is 13.6. The number of amides is 1. The number of nitrogens with zero attached hydrogens (tertiary/aromatic N) is 2. The lowest BCUT2D eigenvalue weighted by molar-refractivity contribution is -0.187. The molecule has 0 aliphatic carbocycles. The highest BCUT2D eigenvalue weighted by Crippen LogP contribution is 2.35. The third-order valence-electron chi connectivity index (χ3n) is 4.43. The maximum atomic E-state index is 12.4. The second-order valence-corrected chi connectivity index (χ2v) is 5.44. The Labute approximate surface area is 105 Å². The van der Waals surface area contributed by atoms with Gasteiger partial charge in [0.15, 0.2) is 0 Å². The monoisotopic (exact) mass is 264 g/mol.